The number of fused-ring (bicyclic) bond motifs is 2. The van der Waals surface area contributed by atoms with Gasteiger partial charge in [0.1, 0.15) is 6.10 Å². The summed E-state index contributed by atoms with van der Waals surface area (Å²) in [7, 11) is 0. The number of carbonyl (C=O) groups excluding carboxylic acids is 1. The van der Waals surface area contributed by atoms with E-state index in [1.807, 2.05) is 0 Å². The maximum absolute atomic E-state index is 12.7. The summed E-state index contributed by atoms with van der Waals surface area (Å²) in [6, 6.07) is 0. The molecule has 5 fully saturated rings. The molecule has 0 aromatic rings. The minimum Gasteiger partial charge on any atom is -0.459 e. The summed E-state index contributed by atoms with van der Waals surface area (Å²) in [6.07, 6.45) is 4.79. The van der Waals surface area contributed by atoms with Crippen LogP contribution < -0.4 is 0 Å². The van der Waals surface area contributed by atoms with Crippen LogP contribution in [-0.2, 0) is 9.53 Å². The summed E-state index contributed by atoms with van der Waals surface area (Å²) in [5, 5.41) is 22.3. The predicted octanol–water partition coefficient (Wildman–Crippen LogP) is 2.58. The lowest BCUT2D eigenvalue weighted by Crippen LogP contribution is -2.66. The van der Waals surface area contributed by atoms with E-state index in [9.17, 15) is 15.0 Å². The number of aliphatic hydroxyl groups is 2. The fourth-order valence-electron chi connectivity index (χ4n) is 8.01. The Kier molecular flexibility index (Phi) is 2.62. The second-order valence-electron chi connectivity index (χ2n) is 9.88. The van der Waals surface area contributed by atoms with Crippen LogP contribution in [0.5, 0.6) is 0 Å². The fraction of sp³-hybridized carbons (Fsp3) is 0.850. The number of carbonyl (C=O) groups is 1. The highest BCUT2D eigenvalue weighted by Gasteiger charge is 2.76. The number of aliphatic hydroxyl groups excluding tert-OH is 1. The standard InChI is InChI=1S/C20H28O4/c1-11-9-19-10-20(11,23)8-5-12(19)17(2)6-4-7-18(3)14(17)13(15(19)21)24-16(18)22/h12-15,21,23H,1,4-10H2,2-3H3. The number of rotatable bonds is 0. The molecule has 1 heterocycles. The lowest BCUT2D eigenvalue weighted by atomic mass is 9.40. The number of hydrogen-bond acceptors (Lipinski definition) is 4. The van der Waals surface area contributed by atoms with Gasteiger partial charge in [-0.15, -0.1) is 0 Å². The zero-order valence-electron chi connectivity index (χ0n) is 14.7. The van der Waals surface area contributed by atoms with Gasteiger partial charge in [-0.2, -0.15) is 0 Å². The molecule has 1 aliphatic heterocycles. The number of ether oxygens (including phenoxy) is 1. The van der Waals surface area contributed by atoms with E-state index < -0.39 is 23.2 Å². The Balaban J connectivity index is 1.69. The van der Waals surface area contributed by atoms with Gasteiger partial charge in [-0.25, -0.2) is 0 Å². The molecule has 4 aliphatic carbocycles. The van der Waals surface area contributed by atoms with Crippen LogP contribution in [0, 0.1) is 28.1 Å². The molecule has 1 saturated heterocycles. The van der Waals surface area contributed by atoms with Crippen LogP contribution in [-0.4, -0.2) is 34.0 Å². The van der Waals surface area contributed by atoms with Crippen LogP contribution in [0.4, 0.5) is 0 Å². The van der Waals surface area contributed by atoms with Crippen molar-refractivity contribution in [3.05, 3.63) is 12.2 Å². The third kappa shape index (κ3) is 1.40. The van der Waals surface area contributed by atoms with Gasteiger partial charge in [0.25, 0.3) is 0 Å². The average molecular weight is 332 g/mol. The molecule has 0 aromatic carbocycles. The molecule has 8 unspecified atom stereocenters. The topological polar surface area (TPSA) is 66.8 Å². The lowest BCUT2D eigenvalue weighted by molar-refractivity contribution is -0.229. The van der Waals surface area contributed by atoms with Crippen LogP contribution in [0.15, 0.2) is 12.2 Å². The van der Waals surface area contributed by atoms with Gasteiger partial charge in [-0.1, -0.05) is 19.9 Å². The van der Waals surface area contributed by atoms with Crippen LogP contribution >= 0.6 is 0 Å². The molecular weight excluding hydrogens is 304 g/mol. The van der Waals surface area contributed by atoms with Crippen molar-refractivity contribution >= 4 is 5.97 Å². The first-order chi connectivity index (χ1) is 11.2. The Morgan fingerprint density at radius 1 is 1.25 bits per heavy atom. The number of esters is 1. The first kappa shape index (κ1) is 15.4. The Morgan fingerprint density at radius 2 is 2.00 bits per heavy atom. The van der Waals surface area contributed by atoms with Gasteiger partial charge in [-0.3, -0.25) is 4.79 Å². The molecule has 132 valence electrons. The van der Waals surface area contributed by atoms with Gasteiger partial charge in [0, 0.05) is 11.3 Å². The minimum atomic E-state index is -0.832. The SMILES string of the molecule is C=C1CC23CC1(O)CCC2C1(C)CCCC2(C)C(=O)OC(C21)C3O. The summed E-state index contributed by atoms with van der Waals surface area (Å²) in [5.41, 5.74) is -0.794. The molecule has 4 heteroatoms. The van der Waals surface area contributed by atoms with Crippen molar-refractivity contribution in [2.24, 2.45) is 28.1 Å². The van der Waals surface area contributed by atoms with E-state index in [1.54, 1.807) is 0 Å². The molecule has 24 heavy (non-hydrogen) atoms. The van der Waals surface area contributed by atoms with E-state index >= 15 is 0 Å². The maximum Gasteiger partial charge on any atom is 0.312 e. The molecular formula is C20H28O4. The van der Waals surface area contributed by atoms with Crippen molar-refractivity contribution in [1.82, 2.24) is 0 Å². The van der Waals surface area contributed by atoms with Crippen LogP contribution in [0.1, 0.15) is 58.8 Å². The minimum absolute atomic E-state index is 0.00495. The molecule has 5 aliphatic rings. The van der Waals surface area contributed by atoms with Gasteiger partial charge in [0.2, 0.25) is 0 Å². The van der Waals surface area contributed by atoms with E-state index in [0.717, 1.165) is 37.7 Å². The van der Waals surface area contributed by atoms with Crippen molar-refractivity contribution in [3.8, 4) is 0 Å². The molecule has 0 radical (unpaired) electrons. The highest BCUT2D eigenvalue weighted by atomic mass is 16.6. The third-order valence-corrected chi connectivity index (χ3v) is 8.91. The van der Waals surface area contributed by atoms with Crippen molar-refractivity contribution in [2.45, 2.75) is 76.6 Å². The molecule has 4 saturated carbocycles. The fourth-order valence-corrected chi connectivity index (χ4v) is 8.01. The summed E-state index contributed by atoms with van der Waals surface area (Å²) in [6.45, 7) is 8.51. The lowest BCUT2D eigenvalue weighted by Gasteiger charge is -2.64. The zero-order chi connectivity index (χ0) is 17.1. The van der Waals surface area contributed by atoms with E-state index in [4.69, 9.17) is 4.74 Å². The van der Waals surface area contributed by atoms with Gasteiger partial charge >= 0.3 is 5.97 Å². The van der Waals surface area contributed by atoms with Crippen LogP contribution in [0.2, 0.25) is 0 Å². The Morgan fingerprint density at radius 3 is 2.75 bits per heavy atom. The normalized spacial score (nSPS) is 61.3. The van der Waals surface area contributed by atoms with Crippen LogP contribution in [0.25, 0.3) is 0 Å². The van der Waals surface area contributed by atoms with Crippen molar-refractivity contribution < 1.29 is 19.7 Å². The second-order valence-corrected chi connectivity index (χ2v) is 9.88. The molecule has 1 spiro atoms. The van der Waals surface area contributed by atoms with Crippen molar-refractivity contribution in [2.75, 3.05) is 0 Å². The third-order valence-electron chi connectivity index (χ3n) is 8.91. The van der Waals surface area contributed by atoms with Gasteiger partial charge in [0.05, 0.1) is 17.1 Å². The van der Waals surface area contributed by atoms with Gasteiger partial charge in [0.15, 0.2) is 0 Å². The summed E-state index contributed by atoms with van der Waals surface area (Å²) < 4.78 is 5.82. The van der Waals surface area contributed by atoms with Gasteiger partial charge < -0.3 is 14.9 Å². The molecule has 4 nitrogen and oxygen atoms in total. The molecule has 2 bridgehead atoms. The smallest absolute Gasteiger partial charge is 0.312 e. The molecule has 5 rings (SSSR count). The summed E-state index contributed by atoms with van der Waals surface area (Å²) >= 11 is 0. The Labute approximate surface area is 143 Å². The first-order valence-electron chi connectivity index (χ1n) is 9.47. The second kappa shape index (κ2) is 4.09. The highest BCUT2D eigenvalue weighted by molar-refractivity contribution is 5.80. The summed E-state index contributed by atoms with van der Waals surface area (Å²) in [5.74, 6) is 0.302. The van der Waals surface area contributed by atoms with Crippen LogP contribution in [0.3, 0.4) is 0 Å². The van der Waals surface area contributed by atoms with Gasteiger partial charge in [-0.05, 0) is 62.4 Å². The van der Waals surface area contributed by atoms with Crippen molar-refractivity contribution in [3.63, 3.8) is 0 Å². The zero-order valence-corrected chi connectivity index (χ0v) is 14.7. The molecule has 0 amide bonds. The Bertz CT molecular complexity index is 658. The number of hydrogen-bond donors (Lipinski definition) is 2. The van der Waals surface area contributed by atoms with E-state index in [2.05, 4.69) is 20.4 Å². The van der Waals surface area contributed by atoms with Crippen molar-refractivity contribution in [1.29, 1.82) is 0 Å². The monoisotopic (exact) mass is 332 g/mol. The van der Waals surface area contributed by atoms with E-state index in [-0.39, 0.29) is 22.7 Å². The highest BCUT2D eigenvalue weighted by Crippen LogP contribution is 2.74. The van der Waals surface area contributed by atoms with E-state index in [1.165, 1.54) is 0 Å². The molecule has 2 N–H and O–H groups in total. The average Bonchev–Trinajstić information content (AvgIpc) is 2.88. The first-order valence-corrected chi connectivity index (χ1v) is 9.47. The quantitative estimate of drug-likeness (QED) is 0.528. The predicted molar refractivity (Wildman–Crippen MR) is 87.9 cm³/mol. The Hall–Kier alpha value is -0.870. The molecule has 0 aromatic heterocycles. The molecule has 8 atom stereocenters. The van der Waals surface area contributed by atoms with E-state index in [0.29, 0.717) is 18.8 Å². The maximum atomic E-state index is 12.7. The largest absolute Gasteiger partial charge is 0.459 e. The summed E-state index contributed by atoms with van der Waals surface area (Å²) in [4.78, 5) is 12.7.